The van der Waals surface area contributed by atoms with Gasteiger partial charge in [0.1, 0.15) is 0 Å². The molecule has 1 fully saturated rings. The van der Waals surface area contributed by atoms with Crippen molar-refractivity contribution in [2.75, 3.05) is 26.2 Å². The predicted octanol–water partition coefficient (Wildman–Crippen LogP) is 3.25. The van der Waals surface area contributed by atoms with Gasteiger partial charge in [0.05, 0.1) is 4.92 Å². The fraction of sp³-hybridized carbons (Fsp3) is 0.350. The van der Waals surface area contributed by atoms with E-state index in [1.807, 2.05) is 0 Å². The van der Waals surface area contributed by atoms with E-state index in [0.717, 1.165) is 26.1 Å². The van der Waals surface area contributed by atoms with Crippen LogP contribution in [0.25, 0.3) is 0 Å². The van der Waals surface area contributed by atoms with E-state index in [9.17, 15) is 14.9 Å². The Kier molecular flexibility index (Phi) is 5.63. The number of hydrogen-bond donors (Lipinski definition) is 0. The first-order chi connectivity index (χ1) is 12.5. The molecule has 0 aliphatic carbocycles. The van der Waals surface area contributed by atoms with Crippen molar-refractivity contribution in [3.8, 4) is 0 Å². The van der Waals surface area contributed by atoms with Gasteiger partial charge in [-0.2, -0.15) is 0 Å². The van der Waals surface area contributed by atoms with Crippen molar-refractivity contribution < 1.29 is 9.72 Å². The molecule has 136 valence electrons. The van der Waals surface area contributed by atoms with Crippen LogP contribution in [0.2, 0.25) is 0 Å². The number of hydrogen-bond acceptors (Lipinski definition) is 4. The highest BCUT2D eigenvalue weighted by molar-refractivity contribution is 5.94. The van der Waals surface area contributed by atoms with E-state index in [2.05, 4.69) is 36.1 Å². The van der Waals surface area contributed by atoms with Crippen molar-refractivity contribution in [2.45, 2.75) is 19.9 Å². The van der Waals surface area contributed by atoms with Gasteiger partial charge in [0, 0.05) is 50.4 Å². The molecule has 0 radical (unpaired) electrons. The molecule has 6 nitrogen and oxygen atoms in total. The van der Waals surface area contributed by atoms with Crippen molar-refractivity contribution in [1.29, 1.82) is 0 Å². The van der Waals surface area contributed by atoms with Gasteiger partial charge in [-0.3, -0.25) is 19.8 Å². The minimum absolute atomic E-state index is 0.0494. The molecule has 1 heterocycles. The molecule has 0 aromatic heterocycles. The largest absolute Gasteiger partial charge is 0.337 e. The predicted molar refractivity (Wildman–Crippen MR) is 100 cm³/mol. The summed E-state index contributed by atoms with van der Waals surface area (Å²) in [6.07, 6.45) is 0.895. The van der Waals surface area contributed by atoms with Crippen LogP contribution in [0.4, 0.5) is 5.69 Å². The lowest BCUT2D eigenvalue weighted by atomic mass is 10.1. The zero-order chi connectivity index (χ0) is 18.5. The van der Waals surface area contributed by atoms with Crippen molar-refractivity contribution in [2.24, 2.45) is 0 Å². The summed E-state index contributed by atoms with van der Waals surface area (Å²) in [5.74, 6) is -0.133. The molecule has 0 bridgehead atoms. The van der Waals surface area contributed by atoms with Gasteiger partial charge in [-0.05, 0) is 25.0 Å². The Bertz CT molecular complexity index is 789. The standard InChI is InChI=1S/C20H23N3O3/c1-16-6-8-17(9-7-16)15-21-10-3-11-22(13-12-21)20(24)18-4-2-5-19(14-18)23(25)26/h2,4-9,14H,3,10-13,15H2,1H3. The number of amides is 1. The van der Waals surface area contributed by atoms with E-state index < -0.39 is 4.92 Å². The van der Waals surface area contributed by atoms with Crippen LogP contribution in [0.5, 0.6) is 0 Å². The SMILES string of the molecule is Cc1ccc(CN2CCCN(C(=O)c3cccc([N+](=O)[O-])c3)CC2)cc1. The molecule has 0 N–H and O–H groups in total. The summed E-state index contributed by atoms with van der Waals surface area (Å²) in [6.45, 7) is 5.99. The maximum absolute atomic E-state index is 12.7. The van der Waals surface area contributed by atoms with Gasteiger partial charge in [-0.15, -0.1) is 0 Å². The smallest absolute Gasteiger partial charge is 0.270 e. The Morgan fingerprint density at radius 1 is 1.08 bits per heavy atom. The van der Waals surface area contributed by atoms with Crippen LogP contribution in [-0.2, 0) is 6.54 Å². The number of nitrogens with zero attached hydrogens (tertiary/aromatic N) is 3. The molecular formula is C20H23N3O3. The average Bonchev–Trinajstić information content (AvgIpc) is 2.89. The van der Waals surface area contributed by atoms with Crippen LogP contribution >= 0.6 is 0 Å². The first-order valence-corrected chi connectivity index (χ1v) is 8.84. The van der Waals surface area contributed by atoms with Crippen LogP contribution in [0.1, 0.15) is 27.9 Å². The zero-order valence-electron chi connectivity index (χ0n) is 14.9. The van der Waals surface area contributed by atoms with E-state index in [1.165, 1.54) is 23.3 Å². The Hall–Kier alpha value is -2.73. The molecule has 0 unspecified atom stereocenters. The second-order valence-corrected chi connectivity index (χ2v) is 6.71. The third-order valence-corrected chi connectivity index (χ3v) is 4.71. The van der Waals surface area contributed by atoms with E-state index >= 15 is 0 Å². The summed E-state index contributed by atoms with van der Waals surface area (Å²) in [5, 5.41) is 10.9. The third kappa shape index (κ3) is 4.46. The van der Waals surface area contributed by atoms with Gasteiger partial charge in [0.15, 0.2) is 0 Å². The fourth-order valence-electron chi connectivity index (χ4n) is 3.22. The molecule has 3 rings (SSSR count). The van der Waals surface area contributed by atoms with E-state index in [0.29, 0.717) is 18.7 Å². The van der Waals surface area contributed by atoms with Crippen molar-refractivity contribution in [3.05, 3.63) is 75.3 Å². The number of aryl methyl sites for hydroxylation is 1. The average molecular weight is 353 g/mol. The Morgan fingerprint density at radius 3 is 2.58 bits per heavy atom. The third-order valence-electron chi connectivity index (χ3n) is 4.71. The van der Waals surface area contributed by atoms with Gasteiger partial charge in [0.25, 0.3) is 11.6 Å². The summed E-state index contributed by atoms with van der Waals surface area (Å²) < 4.78 is 0. The van der Waals surface area contributed by atoms with E-state index in [1.54, 1.807) is 17.0 Å². The Labute approximate surface area is 153 Å². The molecule has 1 aliphatic heterocycles. The van der Waals surface area contributed by atoms with Crippen LogP contribution in [-0.4, -0.2) is 46.8 Å². The molecule has 0 saturated carbocycles. The molecule has 6 heteroatoms. The Balaban J connectivity index is 1.62. The lowest BCUT2D eigenvalue weighted by molar-refractivity contribution is -0.384. The molecule has 1 aliphatic rings. The molecule has 2 aromatic rings. The van der Waals surface area contributed by atoms with Gasteiger partial charge < -0.3 is 4.90 Å². The minimum Gasteiger partial charge on any atom is -0.337 e. The highest BCUT2D eigenvalue weighted by Gasteiger charge is 2.21. The van der Waals surface area contributed by atoms with Crippen LogP contribution in [0, 0.1) is 17.0 Å². The van der Waals surface area contributed by atoms with Gasteiger partial charge in [-0.25, -0.2) is 0 Å². The quantitative estimate of drug-likeness (QED) is 0.625. The number of rotatable bonds is 4. The van der Waals surface area contributed by atoms with Crippen LogP contribution in [0.3, 0.4) is 0 Å². The summed E-state index contributed by atoms with van der Waals surface area (Å²) in [6, 6.07) is 14.5. The number of carbonyl (C=O) groups excluding carboxylic acids is 1. The first-order valence-electron chi connectivity index (χ1n) is 8.84. The summed E-state index contributed by atoms with van der Waals surface area (Å²) in [4.78, 5) is 27.3. The lowest BCUT2D eigenvalue weighted by Gasteiger charge is -2.22. The summed E-state index contributed by atoms with van der Waals surface area (Å²) in [7, 11) is 0. The van der Waals surface area contributed by atoms with Crippen molar-refractivity contribution >= 4 is 11.6 Å². The number of nitro groups is 1. The second kappa shape index (κ2) is 8.10. The number of nitro benzene ring substituents is 1. The Morgan fingerprint density at radius 2 is 1.85 bits per heavy atom. The molecule has 1 saturated heterocycles. The van der Waals surface area contributed by atoms with E-state index in [-0.39, 0.29) is 11.6 Å². The topological polar surface area (TPSA) is 66.7 Å². The van der Waals surface area contributed by atoms with Crippen molar-refractivity contribution in [1.82, 2.24) is 9.80 Å². The maximum Gasteiger partial charge on any atom is 0.270 e. The van der Waals surface area contributed by atoms with Gasteiger partial charge >= 0.3 is 0 Å². The molecular weight excluding hydrogens is 330 g/mol. The van der Waals surface area contributed by atoms with Crippen LogP contribution in [0.15, 0.2) is 48.5 Å². The van der Waals surface area contributed by atoms with Crippen LogP contribution < -0.4 is 0 Å². The lowest BCUT2D eigenvalue weighted by Crippen LogP contribution is -2.35. The highest BCUT2D eigenvalue weighted by atomic mass is 16.6. The molecule has 2 aromatic carbocycles. The molecule has 1 amide bonds. The van der Waals surface area contributed by atoms with E-state index in [4.69, 9.17) is 0 Å². The zero-order valence-corrected chi connectivity index (χ0v) is 14.9. The summed E-state index contributed by atoms with van der Waals surface area (Å²) in [5.41, 5.74) is 2.85. The van der Waals surface area contributed by atoms with Gasteiger partial charge in [0.2, 0.25) is 0 Å². The number of carbonyl (C=O) groups is 1. The fourth-order valence-corrected chi connectivity index (χ4v) is 3.22. The number of non-ortho nitro benzene ring substituents is 1. The van der Waals surface area contributed by atoms with Gasteiger partial charge in [-0.1, -0.05) is 35.9 Å². The normalized spacial score (nSPS) is 15.5. The maximum atomic E-state index is 12.7. The summed E-state index contributed by atoms with van der Waals surface area (Å²) >= 11 is 0. The molecule has 0 atom stereocenters. The minimum atomic E-state index is -0.470. The van der Waals surface area contributed by atoms with Crippen molar-refractivity contribution in [3.63, 3.8) is 0 Å². The number of benzene rings is 2. The second-order valence-electron chi connectivity index (χ2n) is 6.71. The monoisotopic (exact) mass is 353 g/mol. The first kappa shape index (κ1) is 18.1. The molecule has 26 heavy (non-hydrogen) atoms. The highest BCUT2D eigenvalue weighted by Crippen LogP contribution is 2.17. The molecule has 0 spiro atoms.